The Morgan fingerprint density at radius 1 is 1.15 bits per heavy atom. The molecule has 0 bridgehead atoms. The maximum atomic E-state index is 13.3. The topological polar surface area (TPSA) is 177 Å². The Kier molecular flexibility index (Phi) is 7.79. The largest absolute Gasteiger partial charge is 0.481 e. The number of aliphatic hydroxyl groups excluding tert-OH is 1. The molecule has 2 aliphatic heterocycles. The van der Waals surface area contributed by atoms with Gasteiger partial charge in [-0.3, -0.25) is 24.6 Å². The van der Waals surface area contributed by atoms with Gasteiger partial charge >= 0.3 is 12.0 Å². The normalized spacial score (nSPS) is 19.1. The zero-order valence-electron chi connectivity index (χ0n) is 18.2. The third kappa shape index (κ3) is 5.49. The number of urea groups is 1. The predicted octanol–water partition coefficient (Wildman–Crippen LogP) is -0.984. The molecule has 34 heavy (non-hydrogen) atoms. The number of fused-ring (bicyclic) bond motifs is 1. The first-order chi connectivity index (χ1) is 16.2. The van der Waals surface area contributed by atoms with Gasteiger partial charge in [0.1, 0.15) is 12.3 Å². The lowest BCUT2D eigenvalue weighted by Gasteiger charge is -2.42. The summed E-state index contributed by atoms with van der Waals surface area (Å²) >= 11 is 0. The lowest BCUT2D eigenvalue weighted by Crippen LogP contribution is -2.64. The van der Waals surface area contributed by atoms with Crippen molar-refractivity contribution >= 4 is 36.0 Å². The summed E-state index contributed by atoms with van der Waals surface area (Å²) in [5.41, 5.74) is 3.26. The molecule has 0 radical (unpaired) electrons. The van der Waals surface area contributed by atoms with Crippen LogP contribution in [-0.4, -0.2) is 86.4 Å². The highest BCUT2D eigenvalue weighted by Gasteiger charge is 2.44. The second-order valence-corrected chi connectivity index (χ2v) is 7.85. The Morgan fingerprint density at radius 2 is 1.85 bits per heavy atom. The van der Waals surface area contributed by atoms with E-state index < -0.39 is 48.2 Å². The van der Waals surface area contributed by atoms with Crippen molar-refractivity contribution in [2.24, 2.45) is 0 Å². The van der Waals surface area contributed by atoms with Crippen LogP contribution in [0.25, 0.3) is 0 Å². The molecule has 2 aliphatic rings. The molecular weight excluding hydrogens is 450 g/mol. The van der Waals surface area contributed by atoms with E-state index in [1.54, 1.807) is 12.1 Å². The first-order valence-electron chi connectivity index (χ1n) is 10.6. The van der Waals surface area contributed by atoms with Gasteiger partial charge in [0.05, 0.1) is 25.6 Å². The number of carboxylic acids is 1. The van der Waals surface area contributed by atoms with Gasteiger partial charge in [-0.25, -0.2) is 19.8 Å². The fraction of sp³-hybridized carbons (Fsp3) is 0.429. The van der Waals surface area contributed by atoms with E-state index in [0.29, 0.717) is 12.0 Å². The second kappa shape index (κ2) is 10.7. The van der Waals surface area contributed by atoms with Crippen molar-refractivity contribution in [1.82, 2.24) is 25.8 Å². The van der Waals surface area contributed by atoms with Gasteiger partial charge in [0.15, 0.2) is 0 Å². The number of nitrogens with one attached hydrogen (secondary N) is 2. The van der Waals surface area contributed by atoms with Crippen LogP contribution in [0.1, 0.15) is 41.6 Å². The number of amides is 5. The van der Waals surface area contributed by atoms with Crippen LogP contribution < -0.4 is 10.7 Å². The van der Waals surface area contributed by atoms with Crippen molar-refractivity contribution < 1.29 is 39.0 Å². The molecule has 2 heterocycles. The van der Waals surface area contributed by atoms with E-state index in [9.17, 15) is 28.8 Å². The number of carbonyl (C=O) groups excluding carboxylic acids is 5. The Hall–Kier alpha value is -4.00. The quantitative estimate of drug-likeness (QED) is 0.347. The highest BCUT2D eigenvalue weighted by molar-refractivity contribution is 5.97. The Balaban J connectivity index is 1.79. The number of benzene rings is 1. The maximum Gasteiger partial charge on any atom is 0.358 e. The molecule has 3 rings (SSSR count). The van der Waals surface area contributed by atoms with E-state index in [2.05, 4.69) is 10.7 Å². The van der Waals surface area contributed by atoms with Crippen molar-refractivity contribution in [3.8, 4) is 0 Å². The Bertz CT molecular complexity index is 982. The molecule has 2 unspecified atom stereocenters. The smallest absolute Gasteiger partial charge is 0.358 e. The number of carboxylic acid groups (broad SMARTS) is 1. The van der Waals surface area contributed by atoms with Gasteiger partial charge in [-0.15, -0.1) is 0 Å². The molecule has 5 amide bonds. The summed E-state index contributed by atoms with van der Waals surface area (Å²) < 4.78 is 0. The van der Waals surface area contributed by atoms with Gasteiger partial charge in [0.25, 0.3) is 5.91 Å². The van der Waals surface area contributed by atoms with E-state index >= 15 is 0 Å². The number of aldehydes is 1. The molecule has 2 saturated heterocycles. The summed E-state index contributed by atoms with van der Waals surface area (Å²) in [5, 5.41) is 23.4. The monoisotopic (exact) mass is 475 g/mol. The van der Waals surface area contributed by atoms with Gasteiger partial charge in [-0.1, -0.05) is 12.1 Å². The lowest BCUT2D eigenvalue weighted by molar-refractivity contribution is -0.155. The van der Waals surface area contributed by atoms with Crippen LogP contribution in [0.3, 0.4) is 0 Å². The highest BCUT2D eigenvalue weighted by Crippen LogP contribution is 2.24. The van der Waals surface area contributed by atoms with Gasteiger partial charge in [0.2, 0.25) is 11.8 Å². The Morgan fingerprint density at radius 3 is 2.47 bits per heavy atom. The van der Waals surface area contributed by atoms with Crippen molar-refractivity contribution in [1.29, 1.82) is 0 Å². The number of aliphatic hydroxyl groups is 1. The molecular formula is C21H25N5O8. The van der Waals surface area contributed by atoms with Crippen LogP contribution in [0.5, 0.6) is 0 Å². The van der Waals surface area contributed by atoms with E-state index in [-0.39, 0.29) is 44.4 Å². The molecule has 0 saturated carbocycles. The molecule has 1 aromatic carbocycles. The third-order valence-corrected chi connectivity index (χ3v) is 5.49. The minimum absolute atomic E-state index is 0.101. The van der Waals surface area contributed by atoms with Gasteiger partial charge in [-0.2, -0.15) is 0 Å². The zero-order chi connectivity index (χ0) is 24.8. The molecule has 0 aromatic heterocycles. The van der Waals surface area contributed by atoms with Gasteiger partial charge in [-0.05, 0) is 30.5 Å². The van der Waals surface area contributed by atoms with E-state index in [1.807, 2.05) is 0 Å². The molecule has 2 fully saturated rings. The highest BCUT2D eigenvalue weighted by atomic mass is 16.4. The first-order valence-corrected chi connectivity index (χ1v) is 10.6. The van der Waals surface area contributed by atoms with Gasteiger partial charge < -0.3 is 20.3 Å². The number of aliphatic carboxylic acids is 1. The molecule has 1 aromatic rings. The molecule has 13 heteroatoms. The van der Waals surface area contributed by atoms with Crippen molar-refractivity contribution in [2.45, 2.75) is 44.4 Å². The van der Waals surface area contributed by atoms with Crippen molar-refractivity contribution in [3.05, 3.63) is 35.4 Å². The average Bonchev–Trinajstić information content (AvgIpc) is 2.95. The van der Waals surface area contributed by atoms with Crippen LogP contribution in [0.4, 0.5) is 4.79 Å². The maximum absolute atomic E-state index is 13.3. The molecule has 0 aliphatic carbocycles. The van der Waals surface area contributed by atoms with Crippen LogP contribution in [0.15, 0.2) is 24.3 Å². The summed E-state index contributed by atoms with van der Waals surface area (Å²) in [7, 11) is 0. The fourth-order valence-corrected chi connectivity index (χ4v) is 3.76. The van der Waals surface area contributed by atoms with Crippen molar-refractivity contribution in [3.63, 3.8) is 0 Å². The molecule has 4 N–H and O–H groups in total. The summed E-state index contributed by atoms with van der Waals surface area (Å²) in [6.07, 6.45) is 0.134. The number of hydrogen-bond acceptors (Lipinski definition) is 7. The van der Waals surface area contributed by atoms with Gasteiger partial charge in [0, 0.05) is 18.5 Å². The number of carbonyl (C=O) groups is 6. The minimum atomic E-state index is -1.30. The summed E-state index contributed by atoms with van der Waals surface area (Å²) in [6, 6.07) is 2.76. The summed E-state index contributed by atoms with van der Waals surface area (Å²) in [6.45, 7) is -0.138. The third-order valence-electron chi connectivity index (χ3n) is 5.49. The number of rotatable bonds is 8. The van der Waals surface area contributed by atoms with E-state index in [1.165, 1.54) is 12.1 Å². The number of nitrogens with zero attached hydrogens (tertiary/aromatic N) is 3. The van der Waals surface area contributed by atoms with Crippen LogP contribution >= 0.6 is 0 Å². The van der Waals surface area contributed by atoms with Crippen LogP contribution in [0, 0.1) is 0 Å². The summed E-state index contributed by atoms with van der Waals surface area (Å²) in [4.78, 5) is 73.6. The lowest BCUT2D eigenvalue weighted by atomic mass is 10.1. The number of hydrogen-bond donors (Lipinski definition) is 4. The fourth-order valence-electron chi connectivity index (χ4n) is 3.76. The van der Waals surface area contributed by atoms with E-state index in [4.69, 9.17) is 10.2 Å². The predicted molar refractivity (Wildman–Crippen MR) is 113 cm³/mol. The van der Waals surface area contributed by atoms with Crippen LogP contribution in [0.2, 0.25) is 0 Å². The first kappa shape index (κ1) is 24.6. The summed E-state index contributed by atoms with van der Waals surface area (Å²) in [5.74, 6) is -3.12. The Labute approximate surface area is 194 Å². The van der Waals surface area contributed by atoms with Crippen molar-refractivity contribution in [2.75, 3.05) is 13.1 Å². The second-order valence-electron chi connectivity index (χ2n) is 7.85. The molecule has 0 spiro atoms. The zero-order valence-corrected chi connectivity index (χ0v) is 18.2. The minimum Gasteiger partial charge on any atom is -0.481 e. The standard InChI is InChI=1S/C21H25N5O8/c27-11-13-3-5-14(6-4-13)19(32)23-24-9-7-17(29)25-8-1-2-16(26(25)21(24)34)20(33)22-15(12-28)10-18(30)31/h3-6,12,15-16,27H,1-2,7-11H2,(H,22,33)(H,23,32)(H,30,31). The van der Waals surface area contributed by atoms with E-state index in [0.717, 1.165) is 15.0 Å². The SMILES string of the molecule is O=CC(CC(=O)O)NC(=O)C1CCCN2C(=O)CCN(NC(=O)c3ccc(CO)cc3)C(=O)N12. The van der Waals surface area contributed by atoms with Crippen LogP contribution in [-0.2, 0) is 25.8 Å². The average molecular weight is 475 g/mol. The number of hydrazine groups is 2. The molecule has 13 nitrogen and oxygen atoms in total. The molecule has 2 atom stereocenters. The molecule has 182 valence electrons.